The molecule has 4 rings (SSSR count). The number of hydrogen-bond donors (Lipinski definition) is 2. The maximum absolute atomic E-state index is 12.6. The van der Waals surface area contributed by atoms with E-state index >= 15 is 0 Å². The fraction of sp³-hybridized carbons (Fsp3) is 0.364. The second kappa shape index (κ2) is 9.65. The van der Waals surface area contributed by atoms with Crippen molar-refractivity contribution < 1.29 is 14.3 Å². The Balaban J connectivity index is 1.43. The number of carbonyl (C=O) groups excluding carboxylic acids is 2. The number of ether oxygens (including phenoxy) is 1. The minimum Gasteiger partial charge on any atom is -0.462 e. The van der Waals surface area contributed by atoms with Gasteiger partial charge in [0.25, 0.3) is 0 Å². The lowest BCUT2D eigenvalue weighted by Crippen LogP contribution is -2.17. The number of H-pyrrole nitrogens is 1. The van der Waals surface area contributed by atoms with Gasteiger partial charge in [0.2, 0.25) is 11.1 Å². The van der Waals surface area contributed by atoms with Crippen LogP contribution < -0.4 is 5.32 Å². The van der Waals surface area contributed by atoms with Crippen molar-refractivity contribution >= 4 is 40.0 Å². The molecule has 0 aliphatic heterocycles. The van der Waals surface area contributed by atoms with E-state index in [0.717, 1.165) is 42.4 Å². The SMILES string of the molecule is CCOC(=O)c1c(NC(=O)CSc2n[nH]c(-c3cccc(C)c3)n2)sc2c1CCCC2. The van der Waals surface area contributed by atoms with Crippen LogP contribution in [0.1, 0.15) is 46.1 Å². The first-order chi connectivity index (χ1) is 15.0. The van der Waals surface area contributed by atoms with Crippen molar-refractivity contribution in [3.63, 3.8) is 0 Å². The summed E-state index contributed by atoms with van der Waals surface area (Å²) in [6.45, 7) is 4.11. The molecule has 1 aromatic carbocycles. The highest BCUT2D eigenvalue weighted by Crippen LogP contribution is 2.38. The van der Waals surface area contributed by atoms with Gasteiger partial charge in [0.15, 0.2) is 5.82 Å². The van der Waals surface area contributed by atoms with E-state index in [4.69, 9.17) is 4.74 Å². The zero-order valence-corrected chi connectivity index (χ0v) is 19.1. The van der Waals surface area contributed by atoms with Gasteiger partial charge in [-0.25, -0.2) is 9.78 Å². The van der Waals surface area contributed by atoms with Crippen LogP contribution in [0.2, 0.25) is 0 Å². The van der Waals surface area contributed by atoms with Crippen molar-refractivity contribution in [2.45, 2.75) is 44.7 Å². The van der Waals surface area contributed by atoms with Gasteiger partial charge in [-0.2, -0.15) is 0 Å². The predicted octanol–water partition coefficient (Wildman–Crippen LogP) is 4.63. The van der Waals surface area contributed by atoms with Gasteiger partial charge in [-0.15, -0.1) is 16.4 Å². The lowest BCUT2D eigenvalue weighted by Gasteiger charge is -2.12. The third-order valence-electron chi connectivity index (χ3n) is 4.99. The first-order valence-electron chi connectivity index (χ1n) is 10.3. The largest absolute Gasteiger partial charge is 0.462 e. The fourth-order valence-electron chi connectivity index (χ4n) is 3.60. The Labute approximate surface area is 189 Å². The Morgan fingerprint density at radius 1 is 1.29 bits per heavy atom. The van der Waals surface area contributed by atoms with Gasteiger partial charge < -0.3 is 10.1 Å². The monoisotopic (exact) mass is 456 g/mol. The number of rotatable bonds is 7. The van der Waals surface area contributed by atoms with Gasteiger partial charge in [0.1, 0.15) is 5.00 Å². The molecule has 2 heterocycles. The summed E-state index contributed by atoms with van der Waals surface area (Å²) < 4.78 is 5.24. The molecule has 7 nitrogen and oxygen atoms in total. The second-order valence-electron chi connectivity index (χ2n) is 7.31. The zero-order valence-electron chi connectivity index (χ0n) is 17.5. The highest BCUT2D eigenvalue weighted by atomic mass is 32.2. The standard InChI is InChI=1S/C22H24N4O3S2/c1-3-29-21(28)18-15-9-4-5-10-16(15)31-20(18)23-17(27)12-30-22-24-19(25-26-22)14-8-6-7-13(2)11-14/h6-8,11H,3-5,9-10,12H2,1-2H3,(H,23,27)(H,24,25,26). The maximum atomic E-state index is 12.6. The topological polar surface area (TPSA) is 97.0 Å². The summed E-state index contributed by atoms with van der Waals surface area (Å²) in [4.78, 5) is 30.8. The lowest BCUT2D eigenvalue weighted by atomic mass is 9.95. The minimum absolute atomic E-state index is 0.149. The molecule has 9 heteroatoms. The molecule has 0 radical (unpaired) electrons. The molecule has 162 valence electrons. The van der Waals surface area contributed by atoms with Gasteiger partial charge >= 0.3 is 5.97 Å². The molecule has 0 fully saturated rings. The summed E-state index contributed by atoms with van der Waals surface area (Å²) in [5.74, 6) is 0.260. The Hall–Kier alpha value is -2.65. The van der Waals surface area contributed by atoms with Crippen molar-refractivity contribution in [2.24, 2.45) is 0 Å². The number of thioether (sulfide) groups is 1. The fourth-order valence-corrected chi connectivity index (χ4v) is 5.49. The Morgan fingerprint density at radius 2 is 2.13 bits per heavy atom. The van der Waals surface area contributed by atoms with E-state index in [9.17, 15) is 9.59 Å². The average Bonchev–Trinajstić information content (AvgIpc) is 3.37. The summed E-state index contributed by atoms with van der Waals surface area (Å²) in [6.07, 6.45) is 3.94. The third-order valence-corrected chi connectivity index (χ3v) is 7.05. The number of anilines is 1. The van der Waals surface area contributed by atoms with E-state index in [1.165, 1.54) is 28.0 Å². The molecule has 0 saturated carbocycles. The number of aryl methyl sites for hydroxylation is 2. The summed E-state index contributed by atoms with van der Waals surface area (Å²) in [6, 6.07) is 7.98. The number of amides is 1. The van der Waals surface area contributed by atoms with Crippen molar-refractivity contribution in [3.05, 3.63) is 45.8 Å². The van der Waals surface area contributed by atoms with E-state index in [0.29, 0.717) is 28.2 Å². The number of aromatic amines is 1. The molecule has 0 bridgehead atoms. The molecule has 0 unspecified atom stereocenters. The van der Waals surface area contributed by atoms with E-state index in [-0.39, 0.29) is 17.6 Å². The van der Waals surface area contributed by atoms with Crippen molar-refractivity contribution in [1.29, 1.82) is 0 Å². The second-order valence-corrected chi connectivity index (χ2v) is 9.36. The Bertz CT molecular complexity index is 1110. The maximum Gasteiger partial charge on any atom is 0.341 e. The number of thiophene rings is 1. The molecular weight excluding hydrogens is 432 g/mol. The van der Waals surface area contributed by atoms with Crippen LogP contribution in [0.25, 0.3) is 11.4 Å². The third kappa shape index (κ3) is 4.99. The molecule has 1 aliphatic rings. The number of fused-ring (bicyclic) bond motifs is 1. The smallest absolute Gasteiger partial charge is 0.341 e. The molecule has 0 saturated heterocycles. The van der Waals surface area contributed by atoms with Crippen molar-refractivity contribution in [3.8, 4) is 11.4 Å². The van der Waals surface area contributed by atoms with Crippen LogP contribution in [0.3, 0.4) is 0 Å². The number of nitrogens with zero attached hydrogens (tertiary/aromatic N) is 2. The number of nitrogens with one attached hydrogen (secondary N) is 2. The van der Waals surface area contributed by atoms with Crippen LogP contribution in [0.4, 0.5) is 5.00 Å². The van der Waals surface area contributed by atoms with Crippen molar-refractivity contribution in [2.75, 3.05) is 17.7 Å². The molecule has 0 spiro atoms. The molecular formula is C22H24N4O3S2. The van der Waals surface area contributed by atoms with Crippen LogP contribution in [0, 0.1) is 6.92 Å². The molecule has 1 amide bonds. The average molecular weight is 457 g/mol. The highest BCUT2D eigenvalue weighted by Gasteiger charge is 2.27. The van der Waals surface area contributed by atoms with Crippen LogP contribution in [0.15, 0.2) is 29.4 Å². The highest BCUT2D eigenvalue weighted by molar-refractivity contribution is 7.99. The zero-order chi connectivity index (χ0) is 21.8. The molecule has 3 aromatic rings. The molecule has 2 aromatic heterocycles. The summed E-state index contributed by atoms with van der Waals surface area (Å²) >= 11 is 2.74. The van der Waals surface area contributed by atoms with E-state index in [1.54, 1.807) is 6.92 Å². The van der Waals surface area contributed by atoms with E-state index in [1.807, 2.05) is 31.2 Å². The predicted molar refractivity (Wildman–Crippen MR) is 123 cm³/mol. The van der Waals surface area contributed by atoms with E-state index in [2.05, 4.69) is 20.5 Å². The number of carbonyl (C=O) groups is 2. The number of esters is 1. The number of aromatic nitrogens is 3. The summed E-state index contributed by atoms with van der Waals surface area (Å²) in [5, 5.41) is 11.1. The lowest BCUT2D eigenvalue weighted by molar-refractivity contribution is -0.113. The van der Waals surface area contributed by atoms with Gasteiger partial charge in [0, 0.05) is 10.4 Å². The van der Waals surface area contributed by atoms with Crippen LogP contribution in [0.5, 0.6) is 0 Å². The van der Waals surface area contributed by atoms with Crippen molar-refractivity contribution in [1.82, 2.24) is 15.2 Å². The molecule has 2 N–H and O–H groups in total. The molecule has 0 atom stereocenters. The number of benzene rings is 1. The molecule has 1 aliphatic carbocycles. The summed E-state index contributed by atoms with van der Waals surface area (Å²) in [7, 11) is 0. The summed E-state index contributed by atoms with van der Waals surface area (Å²) in [5.41, 5.74) is 3.65. The normalized spacial score (nSPS) is 13.0. The van der Waals surface area contributed by atoms with Gasteiger partial charge in [-0.3, -0.25) is 9.89 Å². The first kappa shape index (κ1) is 21.6. The quantitative estimate of drug-likeness (QED) is 0.397. The number of hydrogen-bond acceptors (Lipinski definition) is 7. The van der Waals surface area contributed by atoms with Gasteiger partial charge in [0.05, 0.1) is 17.9 Å². The molecule has 31 heavy (non-hydrogen) atoms. The Morgan fingerprint density at radius 3 is 2.94 bits per heavy atom. The van der Waals surface area contributed by atoms with Crippen LogP contribution in [-0.2, 0) is 22.4 Å². The minimum atomic E-state index is -0.360. The first-order valence-corrected chi connectivity index (χ1v) is 12.1. The van der Waals surface area contributed by atoms with Gasteiger partial charge in [-0.1, -0.05) is 35.5 Å². The van der Waals surface area contributed by atoms with Gasteiger partial charge in [-0.05, 0) is 51.2 Å². The van der Waals surface area contributed by atoms with Crippen LogP contribution >= 0.6 is 23.1 Å². The van der Waals surface area contributed by atoms with E-state index < -0.39 is 0 Å². The Kier molecular flexibility index (Phi) is 6.72. The van der Waals surface area contributed by atoms with Crippen LogP contribution in [-0.4, -0.2) is 39.4 Å².